The number of carbonyl (C=O) groups excluding carboxylic acids is 2. The van der Waals surface area contributed by atoms with Crippen LogP contribution in [0.3, 0.4) is 0 Å². The Balaban J connectivity index is 1.52. The lowest BCUT2D eigenvalue weighted by atomic mass is 10.0. The summed E-state index contributed by atoms with van der Waals surface area (Å²) in [6, 6.07) is 18.5. The molecule has 0 radical (unpaired) electrons. The summed E-state index contributed by atoms with van der Waals surface area (Å²) in [7, 11) is 0. The van der Waals surface area contributed by atoms with Crippen molar-refractivity contribution < 1.29 is 9.59 Å². The Bertz CT molecular complexity index is 1030. The second kappa shape index (κ2) is 7.60. The second-order valence-electron chi connectivity index (χ2n) is 6.75. The molecule has 0 aliphatic carbocycles. The van der Waals surface area contributed by atoms with Gasteiger partial charge < -0.3 is 10.2 Å². The maximum Gasteiger partial charge on any atom is 0.278 e. The van der Waals surface area contributed by atoms with E-state index in [1.165, 1.54) is 12.5 Å². The third kappa shape index (κ3) is 3.62. The smallest absolute Gasteiger partial charge is 0.278 e. The fourth-order valence-corrected chi connectivity index (χ4v) is 3.36. The summed E-state index contributed by atoms with van der Waals surface area (Å²) in [6.45, 7) is 2.20. The van der Waals surface area contributed by atoms with Crippen molar-refractivity contribution in [2.24, 2.45) is 0 Å². The number of nitrogens with one attached hydrogen (secondary N) is 1. The maximum atomic E-state index is 12.9. The number of rotatable bonds is 4. The highest BCUT2D eigenvalue weighted by Crippen LogP contribution is 2.27. The van der Waals surface area contributed by atoms with Gasteiger partial charge in [-0.25, -0.2) is 0 Å². The highest BCUT2D eigenvalue weighted by Gasteiger charge is 2.24. The van der Waals surface area contributed by atoms with Crippen molar-refractivity contribution in [1.82, 2.24) is 10.2 Å². The number of amides is 1. The van der Waals surface area contributed by atoms with Gasteiger partial charge in [0.2, 0.25) is 0 Å². The van der Waals surface area contributed by atoms with E-state index in [0.717, 1.165) is 24.2 Å². The van der Waals surface area contributed by atoms with E-state index in [0.29, 0.717) is 23.6 Å². The van der Waals surface area contributed by atoms with Crippen LogP contribution in [0.1, 0.15) is 39.8 Å². The Hall–Kier alpha value is -3.54. The van der Waals surface area contributed by atoms with Crippen LogP contribution in [0, 0.1) is 0 Å². The van der Waals surface area contributed by atoms with Gasteiger partial charge in [0.05, 0.1) is 0 Å². The molecule has 1 aliphatic rings. The van der Waals surface area contributed by atoms with Gasteiger partial charge >= 0.3 is 0 Å². The lowest BCUT2D eigenvalue weighted by Gasteiger charge is -2.29. The molecule has 0 atom stereocenters. The largest absolute Gasteiger partial charge is 0.339 e. The van der Waals surface area contributed by atoms with Crippen molar-refractivity contribution in [3.05, 3.63) is 77.5 Å². The van der Waals surface area contributed by atoms with Gasteiger partial charge in [0.15, 0.2) is 17.3 Å². The maximum absolute atomic E-state index is 12.9. The van der Waals surface area contributed by atoms with Crippen LogP contribution in [0.15, 0.2) is 60.7 Å². The fourth-order valence-electron chi connectivity index (χ4n) is 3.36. The van der Waals surface area contributed by atoms with Crippen LogP contribution in [0.2, 0.25) is 0 Å². The standard InChI is InChI=1S/C22H20N4O2/c1-15(27)17-7-4-9-18(14-17)23-21-12-11-19(24-25-21)22(28)26-13-5-8-16-6-2-3-10-20(16)26/h2-4,6-7,9-12,14H,5,8,13H2,1H3,(H,23,25). The molecule has 140 valence electrons. The molecule has 0 bridgehead atoms. The van der Waals surface area contributed by atoms with Crippen LogP contribution < -0.4 is 10.2 Å². The predicted molar refractivity (Wildman–Crippen MR) is 108 cm³/mol. The fraction of sp³-hybridized carbons (Fsp3) is 0.182. The molecule has 2 heterocycles. The number of benzene rings is 2. The summed E-state index contributed by atoms with van der Waals surface area (Å²) < 4.78 is 0. The Labute approximate surface area is 163 Å². The molecule has 1 N–H and O–H groups in total. The molecule has 0 saturated carbocycles. The highest BCUT2D eigenvalue weighted by molar-refractivity contribution is 6.05. The van der Waals surface area contributed by atoms with E-state index in [1.807, 2.05) is 24.3 Å². The predicted octanol–water partition coefficient (Wildman–Crippen LogP) is 4.02. The van der Waals surface area contributed by atoms with Crippen LogP contribution in [-0.2, 0) is 6.42 Å². The lowest BCUT2D eigenvalue weighted by molar-refractivity contribution is 0.0977. The van der Waals surface area contributed by atoms with Gasteiger partial charge in [0.25, 0.3) is 5.91 Å². The van der Waals surface area contributed by atoms with E-state index >= 15 is 0 Å². The Morgan fingerprint density at radius 2 is 1.86 bits per heavy atom. The molecule has 6 heteroatoms. The average molecular weight is 372 g/mol. The zero-order valence-electron chi connectivity index (χ0n) is 15.6. The average Bonchev–Trinajstić information content (AvgIpc) is 2.73. The van der Waals surface area contributed by atoms with Gasteiger partial charge in [-0.3, -0.25) is 9.59 Å². The first-order chi connectivity index (χ1) is 13.6. The number of aryl methyl sites for hydroxylation is 1. The topological polar surface area (TPSA) is 75.2 Å². The number of ketones is 1. The first-order valence-corrected chi connectivity index (χ1v) is 9.23. The number of aromatic nitrogens is 2. The molecule has 3 aromatic rings. The number of nitrogens with zero attached hydrogens (tertiary/aromatic N) is 3. The number of para-hydroxylation sites is 1. The van der Waals surface area contributed by atoms with Gasteiger partial charge in [-0.1, -0.05) is 30.3 Å². The zero-order chi connectivity index (χ0) is 19.5. The summed E-state index contributed by atoms with van der Waals surface area (Å²) in [5.41, 5.74) is 3.79. The normalized spacial score (nSPS) is 13.0. The highest BCUT2D eigenvalue weighted by atomic mass is 16.2. The van der Waals surface area contributed by atoms with Crippen LogP contribution in [-0.4, -0.2) is 28.4 Å². The first kappa shape index (κ1) is 17.9. The second-order valence-corrected chi connectivity index (χ2v) is 6.75. The molecule has 4 rings (SSSR count). The molecule has 28 heavy (non-hydrogen) atoms. The third-order valence-corrected chi connectivity index (χ3v) is 4.78. The number of Topliss-reactive ketones (excluding diaryl/α,β-unsaturated/α-hetero) is 1. The zero-order valence-corrected chi connectivity index (χ0v) is 15.6. The molecule has 1 amide bonds. The van der Waals surface area contributed by atoms with Crippen molar-refractivity contribution in [1.29, 1.82) is 0 Å². The summed E-state index contributed by atoms with van der Waals surface area (Å²) in [4.78, 5) is 26.2. The number of hydrogen-bond acceptors (Lipinski definition) is 5. The van der Waals surface area contributed by atoms with E-state index in [-0.39, 0.29) is 11.7 Å². The van der Waals surface area contributed by atoms with Gasteiger partial charge in [-0.05, 0) is 55.7 Å². The van der Waals surface area contributed by atoms with Crippen LogP contribution in [0.25, 0.3) is 0 Å². The molecule has 6 nitrogen and oxygen atoms in total. The summed E-state index contributed by atoms with van der Waals surface area (Å²) in [5.74, 6) is 0.360. The van der Waals surface area contributed by atoms with Gasteiger partial charge in [0, 0.05) is 23.5 Å². The van der Waals surface area contributed by atoms with E-state index in [1.54, 1.807) is 35.2 Å². The molecule has 0 saturated heterocycles. The SMILES string of the molecule is CC(=O)c1cccc(Nc2ccc(C(=O)N3CCCc4ccccc43)nn2)c1. The minimum atomic E-state index is -0.148. The Morgan fingerprint density at radius 3 is 2.64 bits per heavy atom. The number of hydrogen-bond donors (Lipinski definition) is 1. The molecular formula is C22H20N4O2. The first-order valence-electron chi connectivity index (χ1n) is 9.23. The van der Waals surface area contributed by atoms with Crippen molar-refractivity contribution in [2.75, 3.05) is 16.8 Å². The van der Waals surface area contributed by atoms with Gasteiger partial charge in [-0.15, -0.1) is 10.2 Å². The lowest BCUT2D eigenvalue weighted by Crippen LogP contribution is -2.36. The molecule has 1 aromatic heterocycles. The van der Waals surface area contributed by atoms with Crippen molar-refractivity contribution in [3.63, 3.8) is 0 Å². The van der Waals surface area contributed by atoms with Crippen molar-refractivity contribution in [2.45, 2.75) is 19.8 Å². The third-order valence-electron chi connectivity index (χ3n) is 4.78. The minimum absolute atomic E-state index is 0.00232. The number of anilines is 3. The summed E-state index contributed by atoms with van der Waals surface area (Å²) in [5, 5.41) is 11.3. The minimum Gasteiger partial charge on any atom is -0.339 e. The van der Waals surface area contributed by atoms with Gasteiger partial charge in [0.1, 0.15) is 0 Å². The van der Waals surface area contributed by atoms with Crippen LogP contribution in [0.5, 0.6) is 0 Å². The van der Waals surface area contributed by atoms with E-state index in [9.17, 15) is 9.59 Å². The number of fused-ring (bicyclic) bond motifs is 1. The van der Waals surface area contributed by atoms with Crippen molar-refractivity contribution in [3.8, 4) is 0 Å². The number of carbonyl (C=O) groups is 2. The quantitative estimate of drug-likeness (QED) is 0.700. The molecule has 0 unspecified atom stereocenters. The monoisotopic (exact) mass is 372 g/mol. The van der Waals surface area contributed by atoms with Crippen molar-refractivity contribution >= 4 is 28.9 Å². The van der Waals surface area contributed by atoms with Gasteiger partial charge in [-0.2, -0.15) is 0 Å². The van der Waals surface area contributed by atoms with E-state index < -0.39 is 0 Å². The molecule has 0 spiro atoms. The summed E-state index contributed by atoms with van der Waals surface area (Å²) in [6.07, 6.45) is 1.91. The van der Waals surface area contributed by atoms with E-state index in [4.69, 9.17) is 0 Å². The van der Waals surface area contributed by atoms with Crippen LogP contribution >= 0.6 is 0 Å². The Kier molecular flexibility index (Phi) is 4.85. The molecule has 0 fully saturated rings. The Morgan fingerprint density at radius 1 is 1.00 bits per heavy atom. The van der Waals surface area contributed by atoms with E-state index in [2.05, 4.69) is 21.6 Å². The molecule has 1 aliphatic heterocycles. The molecular weight excluding hydrogens is 352 g/mol. The van der Waals surface area contributed by atoms with Crippen LogP contribution in [0.4, 0.5) is 17.2 Å². The molecule has 2 aromatic carbocycles. The summed E-state index contributed by atoms with van der Waals surface area (Å²) >= 11 is 0.